The molecule has 1 fully saturated rings. The highest BCUT2D eigenvalue weighted by Gasteiger charge is 2.24. The number of pyridine rings is 1. The summed E-state index contributed by atoms with van der Waals surface area (Å²) in [6.07, 6.45) is 5.20. The topological polar surface area (TPSA) is 22.1 Å². The molecule has 0 radical (unpaired) electrons. The molecule has 1 aliphatic carbocycles. The predicted octanol–water partition coefficient (Wildman–Crippen LogP) is 2.37. The summed E-state index contributed by atoms with van der Waals surface area (Å²) in [6, 6.07) is 0. The Bertz CT molecular complexity index is 301. The van der Waals surface area contributed by atoms with E-state index in [4.69, 9.17) is 4.74 Å². The van der Waals surface area contributed by atoms with Crippen molar-refractivity contribution in [3.05, 3.63) is 21.8 Å². The number of rotatable bonds is 2. The third-order valence-electron chi connectivity index (χ3n) is 1.62. The van der Waals surface area contributed by atoms with Crippen LogP contribution in [0.25, 0.3) is 0 Å². The number of hydrogen-bond acceptors (Lipinski definition) is 2. The fourth-order valence-electron chi connectivity index (χ4n) is 0.849. The van der Waals surface area contributed by atoms with E-state index in [1.807, 2.05) is 22.6 Å². The molecule has 12 heavy (non-hydrogen) atoms. The molecule has 1 aromatic heterocycles. The van der Waals surface area contributed by atoms with Crippen molar-refractivity contribution in [3.63, 3.8) is 0 Å². The minimum atomic E-state index is -0.311. The van der Waals surface area contributed by atoms with Crippen molar-refractivity contribution in [2.24, 2.45) is 0 Å². The molecule has 0 N–H and O–H groups in total. The van der Waals surface area contributed by atoms with E-state index in [-0.39, 0.29) is 5.82 Å². The van der Waals surface area contributed by atoms with Gasteiger partial charge in [-0.05, 0) is 35.4 Å². The fourth-order valence-corrected chi connectivity index (χ4v) is 1.25. The molecule has 2 rings (SSSR count). The van der Waals surface area contributed by atoms with Gasteiger partial charge in [-0.1, -0.05) is 0 Å². The van der Waals surface area contributed by atoms with Crippen molar-refractivity contribution >= 4 is 22.6 Å². The Labute approximate surface area is 83.3 Å². The van der Waals surface area contributed by atoms with Gasteiger partial charge in [0.25, 0.3) is 0 Å². The first-order valence-electron chi connectivity index (χ1n) is 3.73. The van der Waals surface area contributed by atoms with Crippen LogP contribution in [-0.4, -0.2) is 11.1 Å². The average Bonchev–Trinajstić information content (AvgIpc) is 2.83. The van der Waals surface area contributed by atoms with Gasteiger partial charge >= 0.3 is 0 Å². The normalized spacial score (nSPS) is 16.2. The van der Waals surface area contributed by atoms with Crippen LogP contribution in [0.15, 0.2) is 12.4 Å². The van der Waals surface area contributed by atoms with E-state index >= 15 is 0 Å². The van der Waals surface area contributed by atoms with Crippen molar-refractivity contribution in [2.45, 2.75) is 18.9 Å². The van der Waals surface area contributed by atoms with Crippen molar-refractivity contribution in [1.29, 1.82) is 0 Å². The molecule has 1 aliphatic rings. The Balaban J connectivity index is 2.23. The Morgan fingerprint density at radius 3 is 2.92 bits per heavy atom. The van der Waals surface area contributed by atoms with Crippen molar-refractivity contribution in [1.82, 2.24) is 4.98 Å². The number of aromatic nitrogens is 1. The maximum Gasteiger partial charge on any atom is 0.158 e. The number of halogens is 2. The van der Waals surface area contributed by atoms with Gasteiger partial charge in [-0.3, -0.25) is 4.98 Å². The quantitative estimate of drug-likeness (QED) is 0.775. The van der Waals surface area contributed by atoms with Crippen molar-refractivity contribution < 1.29 is 9.13 Å². The Morgan fingerprint density at radius 1 is 1.50 bits per heavy atom. The predicted molar refractivity (Wildman–Crippen MR) is 50.6 cm³/mol. The monoisotopic (exact) mass is 279 g/mol. The summed E-state index contributed by atoms with van der Waals surface area (Å²) in [5.74, 6) is 0.256. The van der Waals surface area contributed by atoms with Gasteiger partial charge in [0.05, 0.1) is 22.1 Å². The Kier molecular flexibility index (Phi) is 2.16. The zero-order valence-electron chi connectivity index (χ0n) is 6.26. The van der Waals surface area contributed by atoms with E-state index in [0.717, 1.165) is 12.8 Å². The molecule has 0 amide bonds. The SMILES string of the molecule is Fc1cncc(OC2CC2)c1I. The van der Waals surface area contributed by atoms with Gasteiger partial charge in [0.1, 0.15) is 0 Å². The van der Waals surface area contributed by atoms with Gasteiger partial charge in [-0.25, -0.2) is 4.39 Å². The maximum atomic E-state index is 12.9. The molecule has 0 atom stereocenters. The summed E-state index contributed by atoms with van der Waals surface area (Å²) in [5.41, 5.74) is 0. The number of nitrogens with zero attached hydrogens (tertiary/aromatic N) is 1. The van der Waals surface area contributed by atoms with Crippen LogP contribution in [0.4, 0.5) is 4.39 Å². The third-order valence-corrected chi connectivity index (χ3v) is 2.67. The fraction of sp³-hybridized carbons (Fsp3) is 0.375. The van der Waals surface area contributed by atoms with Gasteiger partial charge in [-0.2, -0.15) is 0 Å². The van der Waals surface area contributed by atoms with Crippen molar-refractivity contribution in [2.75, 3.05) is 0 Å². The van der Waals surface area contributed by atoms with Gasteiger partial charge in [0.2, 0.25) is 0 Å². The second-order valence-corrected chi connectivity index (χ2v) is 3.83. The molecule has 0 unspecified atom stereocenters. The molecule has 0 saturated heterocycles. The molecule has 4 heteroatoms. The zero-order valence-corrected chi connectivity index (χ0v) is 8.42. The molecule has 0 aliphatic heterocycles. The molecule has 0 aromatic carbocycles. The Hall–Kier alpha value is -0.390. The highest BCUT2D eigenvalue weighted by Crippen LogP contribution is 2.30. The lowest BCUT2D eigenvalue weighted by Gasteiger charge is -2.05. The van der Waals surface area contributed by atoms with Crippen LogP contribution in [0.3, 0.4) is 0 Å². The lowest BCUT2D eigenvalue weighted by molar-refractivity contribution is 0.297. The van der Waals surface area contributed by atoms with E-state index in [0.29, 0.717) is 15.4 Å². The van der Waals surface area contributed by atoms with Crippen LogP contribution < -0.4 is 4.74 Å². The average molecular weight is 279 g/mol. The zero-order chi connectivity index (χ0) is 8.55. The number of hydrogen-bond donors (Lipinski definition) is 0. The van der Waals surface area contributed by atoms with Gasteiger partial charge < -0.3 is 4.74 Å². The van der Waals surface area contributed by atoms with E-state index in [2.05, 4.69) is 4.98 Å². The highest BCUT2D eigenvalue weighted by atomic mass is 127. The van der Waals surface area contributed by atoms with Crippen LogP contribution >= 0.6 is 22.6 Å². The summed E-state index contributed by atoms with van der Waals surface area (Å²) in [5, 5.41) is 0. The van der Waals surface area contributed by atoms with Crippen LogP contribution in [0, 0.1) is 9.39 Å². The van der Waals surface area contributed by atoms with Crippen molar-refractivity contribution in [3.8, 4) is 5.75 Å². The minimum Gasteiger partial charge on any atom is -0.488 e. The molecule has 0 spiro atoms. The van der Waals surface area contributed by atoms with Gasteiger partial charge in [-0.15, -0.1) is 0 Å². The standard InChI is InChI=1S/C8H7FINO/c9-6-3-11-4-7(8(6)10)12-5-1-2-5/h3-5H,1-2H2. The molecule has 1 saturated carbocycles. The minimum absolute atomic E-state index is 0.294. The first-order chi connectivity index (χ1) is 5.77. The lowest BCUT2D eigenvalue weighted by Crippen LogP contribution is -1.99. The van der Waals surface area contributed by atoms with Crippen LogP contribution in [0.5, 0.6) is 5.75 Å². The van der Waals surface area contributed by atoms with Gasteiger partial charge in [0.15, 0.2) is 11.6 Å². The molecule has 1 heterocycles. The molecule has 0 bridgehead atoms. The third kappa shape index (κ3) is 1.68. The molecule has 1 aromatic rings. The summed E-state index contributed by atoms with van der Waals surface area (Å²) >= 11 is 1.93. The summed E-state index contributed by atoms with van der Waals surface area (Å²) in [6.45, 7) is 0. The second kappa shape index (κ2) is 3.16. The molecule has 64 valence electrons. The van der Waals surface area contributed by atoms with Crippen LogP contribution in [0.1, 0.15) is 12.8 Å². The lowest BCUT2D eigenvalue weighted by atomic mass is 10.4. The largest absolute Gasteiger partial charge is 0.488 e. The van der Waals surface area contributed by atoms with Gasteiger partial charge in [0, 0.05) is 0 Å². The first kappa shape index (κ1) is 8.22. The van der Waals surface area contributed by atoms with E-state index in [9.17, 15) is 4.39 Å². The van der Waals surface area contributed by atoms with Crippen LogP contribution in [-0.2, 0) is 0 Å². The summed E-state index contributed by atoms with van der Waals surface area (Å²) in [7, 11) is 0. The summed E-state index contributed by atoms with van der Waals surface area (Å²) in [4.78, 5) is 3.72. The molecule has 2 nitrogen and oxygen atoms in total. The van der Waals surface area contributed by atoms with E-state index in [1.165, 1.54) is 6.20 Å². The smallest absolute Gasteiger partial charge is 0.158 e. The number of ether oxygens (including phenoxy) is 1. The maximum absolute atomic E-state index is 12.9. The molecular weight excluding hydrogens is 272 g/mol. The first-order valence-corrected chi connectivity index (χ1v) is 4.81. The summed E-state index contributed by atoms with van der Waals surface area (Å²) < 4.78 is 18.8. The molecular formula is C8H7FINO. The second-order valence-electron chi connectivity index (χ2n) is 2.75. The van der Waals surface area contributed by atoms with E-state index < -0.39 is 0 Å². The van der Waals surface area contributed by atoms with E-state index in [1.54, 1.807) is 6.20 Å². The van der Waals surface area contributed by atoms with Crippen LogP contribution in [0.2, 0.25) is 0 Å². The Morgan fingerprint density at radius 2 is 2.25 bits per heavy atom. The highest BCUT2D eigenvalue weighted by molar-refractivity contribution is 14.1.